The molecule has 0 amide bonds. The predicted molar refractivity (Wildman–Crippen MR) is 97.9 cm³/mol. The molecular formula is C17H28BrO4P. The van der Waals surface area contributed by atoms with E-state index in [0.717, 1.165) is 16.8 Å². The topological polar surface area (TPSA) is 66.8 Å². The van der Waals surface area contributed by atoms with Crippen LogP contribution >= 0.6 is 23.5 Å². The molecule has 0 fully saturated rings. The smallest absolute Gasteiger partial charge is 0.330 e. The zero-order valence-corrected chi connectivity index (χ0v) is 16.6. The highest BCUT2D eigenvalue weighted by atomic mass is 79.9. The van der Waals surface area contributed by atoms with Crippen molar-refractivity contribution in [3.63, 3.8) is 0 Å². The van der Waals surface area contributed by atoms with Crippen molar-refractivity contribution < 1.29 is 19.1 Å². The van der Waals surface area contributed by atoms with Crippen molar-refractivity contribution >= 4 is 23.5 Å². The Labute approximate surface area is 147 Å². The van der Waals surface area contributed by atoms with Gasteiger partial charge in [-0.25, -0.2) is 0 Å². The van der Waals surface area contributed by atoms with E-state index in [4.69, 9.17) is 14.5 Å². The normalized spacial score (nSPS) is 13.3. The Balaban J connectivity index is 2.50. The van der Waals surface area contributed by atoms with Gasteiger partial charge in [-0.2, -0.15) is 0 Å². The lowest BCUT2D eigenvalue weighted by Gasteiger charge is -2.15. The molecule has 132 valence electrons. The molecule has 1 aromatic rings. The molecule has 1 aromatic carbocycles. The zero-order chi connectivity index (χ0) is 17.5. The minimum absolute atomic E-state index is 0.292. The average molecular weight is 407 g/mol. The van der Waals surface area contributed by atoms with Gasteiger partial charge in [0.05, 0.1) is 12.8 Å². The van der Waals surface area contributed by atoms with Crippen LogP contribution in [-0.2, 0) is 10.7 Å². The minimum atomic E-state index is -4.10. The van der Waals surface area contributed by atoms with Crippen molar-refractivity contribution in [1.82, 2.24) is 0 Å². The van der Waals surface area contributed by atoms with E-state index in [1.807, 2.05) is 0 Å². The van der Waals surface area contributed by atoms with E-state index in [0.29, 0.717) is 23.8 Å². The Morgan fingerprint density at radius 2 is 1.87 bits per heavy atom. The molecule has 0 heterocycles. The zero-order valence-electron chi connectivity index (χ0n) is 14.2. The van der Waals surface area contributed by atoms with Crippen LogP contribution in [0.15, 0.2) is 22.7 Å². The standard InChI is InChI=1S/C17H28BrO4P/c1-13(2)5-4-6-14(3)9-10-22-17-11-16(18)8-7-15(17)12-23(19,20)21/h7-8,11,13-14H,4-6,9-10,12H2,1-3H3,(H2,19,20,21). The van der Waals surface area contributed by atoms with Crippen LogP contribution < -0.4 is 4.74 Å². The fourth-order valence-electron chi connectivity index (χ4n) is 2.40. The first-order chi connectivity index (χ1) is 10.7. The van der Waals surface area contributed by atoms with Gasteiger partial charge < -0.3 is 14.5 Å². The van der Waals surface area contributed by atoms with Crippen molar-refractivity contribution in [3.05, 3.63) is 28.2 Å². The molecule has 6 heteroatoms. The van der Waals surface area contributed by atoms with Gasteiger partial charge in [0.15, 0.2) is 0 Å². The van der Waals surface area contributed by atoms with Crippen LogP contribution in [0.3, 0.4) is 0 Å². The van der Waals surface area contributed by atoms with Crippen molar-refractivity contribution in [2.24, 2.45) is 11.8 Å². The number of halogens is 1. The molecular weight excluding hydrogens is 379 g/mol. The van der Waals surface area contributed by atoms with E-state index in [9.17, 15) is 4.57 Å². The third kappa shape index (κ3) is 9.51. The van der Waals surface area contributed by atoms with E-state index < -0.39 is 7.60 Å². The van der Waals surface area contributed by atoms with Gasteiger partial charge in [0, 0.05) is 10.0 Å². The molecule has 0 aliphatic rings. The Morgan fingerprint density at radius 3 is 2.48 bits per heavy atom. The van der Waals surface area contributed by atoms with E-state index in [1.54, 1.807) is 18.2 Å². The molecule has 4 nitrogen and oxygen atoms in total. The van der Waals surface area contributed by atoms with Crippen LogP contribution in [0.1, 0.15) is 52.0 Å². The van der Waals surface area contributed by atoms with Crippen LogP contribution in [-0.4, -0.2) is 16.4 Å². The van der Waals surface area contributed by atoms with Gasteiger partial charge in [-0.15, -0.1) is 0 Å². The number of hydrogen-bond donors (Lipinski definition) is 2. The lowest BCUT2D eigenvalue weighted by Crippen LogP contribution is -2.06. The lowest BCUT2D eigenvalue weighted by atomic mass is 9.98. The number of ether oxygens (including phenoxy) is 1. The summed E-state index contributed by atoms with van der Waals surface area (Å²) in [5, 5.41) is 0. The molecule has 1 unspecified atom stereocenters. The second-order valence-corrected chi connectivity index (χ2v) is 9.20. The molecule has 0 aliphatic heterocycles. The first-order valence-electron chi connectivity index (χ1n) is 8.13. The molecule has 0 aromatic heterocycles. The van der Waals surface area contributed by atoms with Crippen LogP contribution in [0.5, 0.6) is 5.75 Å². The van der Waals surface area contributed by atoms with Gasteiger partial charge >= 0.3 is 7.60 Å². The van der Waals surface area contributed by atoms with E-state index in [2.05, 4.69) is 36.7 Å². The van der Waals surface area contributed by atoms with Crippen molar-refractivity contribution in [1.29, 1.82) is 0 Å². The van der Waals surface area contributed by atoms with Gasteiger partial charge in [-0.05, 0) is 30.4 Å². The maximum Gasteiger partial charge on any atom is 0.330 e. The van der Waals surface area contributed by atoms with E-state index in [-0.39, 0.29) is 6.16 Å². The molecule has 0 bridgehead atoms. The summed E-state index contributed by atoms with van der Waals surface area (Å²) >= 11 is 3.37. The van der Waals surface area contributed by atoms with Gasteiger partial charge in [0.2, 0.25) is 0 Å². The summed E-state index contributed by atoms with van der Waals surface area (Å²) < 4.78 is 17.8. The van der Waals surface area contributed by atoms with Gasteiger partial charge in [0.25, 0.3) is 0 Å². The fraction of sp³-hybridized carbons (Fsp3) is 0.647. The molecule has 0 saturated carbocycles. The Morgan fingerprint density at radius 1 is 1.17 bits per heavy atom. The van der Waals surface area contributed by atoms with E-state index in [1.165, 1.54) is 19.3 Å². The molecule has 0 radical (unpaired) electrons. The van der Waals surface area contributed by atoms with Crippen LogP contribution in [0.25, 0.3) is 0 Å². The highest BCUT2D eigenvalue weighted by Gasteiger charge is 2.18. The summed E-state index contributed by atoms with van der Waals surface area (Å²) in [7, 11) is -4.10. The van der Waals surface area contributed by atoms with Crippen molar-refractivity contribution in [2.75, 3.05) is 6.61 Å². The number of benzene rings is 1. The molecule has 1 atom stereocenters. The van der Waals surface area contributed by atoms with Crippen LogP contribution in [0.4, 0.5) is 0 Å². The summed E-state index contributed by atoms with van der Waals surface area (Å²) in [6.07, 6.45) is 4.33. The third-order valence-electron chi connectivity index (χ3n) is 3.75. The quantitative estimate of drug-likeness (QED) is 0.513. The van der Waals surface area contributed by atoms with Gasteiger partial charge in [-0.1, -0.05) is 62.0 Å². The SMILES string of the molecule is CC(C)CCCC(C)CCOc1cc(Br)ccc1CP(=O)(O)O. The van der Waals surface area contributed by atoms with Crippen molar-refractivity contribution in [2.45, 2.75) is 52.6 Å². The van der Waals surface area contributed by atoms with Gasteiger partial charge in [-0.3, -0.25) is 4.57 Å². The molecule has 0 spiro atoms. The first kappa shape index (κ1) is 20.7. The van der Waals surface area contributed by atoms with E-state index >= 15 is 0 Å². The Kier molecular flexibility index (Phi) is 8.84. The molecule has 1 rings (SSSR count). The Hall–Kier alpha value is -0.350. The Bertz CT molecular complexity index is 527. The summed E-state index contributed by atoms with van der Waals surface area (Å²) in [4.78, 5) is 18.3. The molecule has 0 aliphatic carbocycles. The van der Waals surface area contributed by atoms with Crippen molar-refractivity contribution in [3.8, 4) is 5.75 Å². The summed E-state index contributed by atoms with van der Waals surface area (Å²) in [6, 6.07) is 5.24. The highest BCUT2D eigenvalue weighted by molar-refractivity contribution is 9.10. The monoisotopic (exact) mass is 406 g/mol. The molecule has 2 N–H and O–H groups in total. The average Bonchev–Trinajstić information content (AvgIpc) is 2.40. The third-order valence-corrected chi connectivity index (χ3v) is 5.00. The minimum Gasteiger partial charge on any atom is -0.493 e. The number of rotatable bonds is 10. The largest absolute Gasteiger partial charge is 0.493 e. The second kappa shape index (κ2) is 9.83. The predicted octanol–water partition coefficient (Wildman–Crippen LogP) is 5.36. The molecule has 23 heavy (non-hydrogen) atoms. The summed E-state index contributed by atoms with van der Waals surface area (Å²) in [6.45, 7) is 7.27. The van der Waals surface area contributed by atoms with Crippen LogP contribution in [0.2, 0.25) is 0 Å². The lowest BCUT2D eigenvalue weighted by molar-refractivity contribution is 0.273. The second-order valence-electron chi connectivity index (χ2n) is 6.64. The number of hydrogen-bond acceptors (Lipinski definition) is 2. The maximum atomic E-state index is 11.2. The summed E-state index contributed by atoms with van der Waals surface area (Å²) in [5.41, 5.74) is 0.550. The fourth-order valence-corrected chi connectivity index (χ4v) is 3.45. The summed E-state index contributed by atoms with van der Waals surface area (Å²) in [5.74, 6) is 1.89. The van der Waals surface area contributed by atoms with Gasteiger partial charge in [0.1, 0.15) is 5.75 Å². The molecule has 0 saturated heterocycles. The first-order valence-corrected chi connectivity index (χ1v) is 10.7. The van der Waals surface area contributed by atoms with Crippen LogP contribution in [0, 0.1) is 11.8 Å². The maximum absolute atomic E-state index is 11.2. The highest BCUT2D eigenvalue weighted by Crippen LogP contribution is 2.42.